The number of anilines is 1. The molecule has 0 radical (unpaired) electrons. The minimum Gasteiger partial charge on any atom is -0.480 e. The average Bonchev–Trinajstić information content (AvgIpc) is 2.52. The maximum Gasteiger partial charge on any atom is 0.329 e. The highest BCUT2D eigenvalue weighted by atomic mass is 35.5. The second-order valence-electron chi connectivity index (χ2n) is 4.75. The first-order valence-electron chi connectivity index (χ1n) is 6.87. The van der Waals surface area contributed by atoms with Crippen molar-refractivity contribution in [3.8, 4) is 5.75 Å². The Morgan fingerprint density at radius 2 is 1.52 bits per heavy atom. The highest BCUT2D eigenvalue weighted by molar-refractivity contribution is 8.76. The van der Waals surface area contributed by atoms with Crippen LogP contribution in [0.5, 0.6) is 5.75 Å². The largest absolute Gasteiger partial charge is 0.480 e. The zero-order chi connectivity index (χ0) is 18.1. The number of ether oxygens (including phenoxy) is 1. The van der Waals surface area contributed by atoms with Crippen molar-refractivity contribution in [1.29, 1.82) is 0 Å². The number of benzene rings is 1. The minimum atomic E-state index is -1.07. The molecule has 2 atom stereocenters. The summed E-state index contributed by atoms with van der Waals surface area (Å²) in [4.78, 5) is 33.3. The number of hydrogen-bond acceptors (Lipinski definition) is 8. The SMILES string of the molecule is CC(=O)Nc1ccc(OC(=O)C(N)CSSCC(N)C(=O)O)cc1.Cl.Cl.Cl. The summed E-state index contributed by atoms with van der Waals surface area (Å²) >= 11 is 0. The van der Waals surface area contributed by atoms with Gasteiger partial charge in [-0.2, -0.15) is 0 Å². The van der Waals surface area contributed by atoms with Gasteiger partial charge < -0.3 is 26.6 Å². The van der Waals surface area contributed by atoms with E-state index < -0.39 is 24.0 Å². The third-order valence-electron chi connectivity index (χ3n) is 2.59. The molecule has 0 aromatic heterocycles. The average molecular weight is 483 g/mol. The first-order chi connectivity index (χ1) is 11.3. The topological polar surface area (TPSA) is 145 Å². The van der Waals surface area contributed by atoms with E-state index in [1.807, 2.05) is 0 Å². The van der Waals surface area contributed by atoms with Crippen molar-refractivity contribution in [3.63, 3.8) is 0 Å². The van der Waals surface area contributed by atoms with Gasteiger partial charge in [-0.15, -0.1) is 37.2 Å². The maximum absolute atomic E-state index is 11.9. The van der Waals surface area contributed by atoms with E-state index in [4.69, 9.17) is 21.3 Å². The second kappa shape index (κ2) is 16.1. The molecule has 0 saturated carbocycles. The van der Waals surface area contributed by atoms with Crippen LogP contribution in [0, 0.1) is 0 Å². The number of carboxylic acids is 1. The molecule has 1 aromatic carbocycles. The van der Waals surface area contributed by atoms with E-state index in [-0.39, 0.29) is 54.6 Å². The van der Waals surface area contributed by atoms with Crippen LogP contribution in [0.3, 0.4) is 0 Å². The molecule has 8 nitrogen and oxygen atoms in total. The Labute approximate surface area is 183 Å². The maximum atomic E-state index is 11.9. The van der Waals surface area contributed by atoms with Crippen LogP contribution >= 0.6 is 58.8 Å². The van der Waals surface area contributed by atoms with Crippen molar-refractivity contribution in [2.24, 2.45) is 11.5 Å². The molecule has 0 aliphatic carbocycles. The molecular weight excluding hydrogens is 461 g/mol. The van der Waals surface area contributed by atoms with Crippen LogP contribution in [0.15, 0.2) is 24.3 Å². The van der Waals surface area contributed by atoms with Crippen LogP contribution in [0.25, 0.3) is 0 Å². The molecule has 13 heteroatoms. The first-order valence-corrected chi connectivity index (χ1v) is 9.36. The van der Waals surface area contributed by atoms with Gasteiger partial charge in [-0.25, -0.2) is 4.79 Å². The van der Waals surface area contributed by atoms with Gasteiger partial charge in [0.15, 0.2) is 0 Å². The molecule has 156 valence electrons. The molecule has 2 unspecified atom stereocenters. The molecule has 0 bridgehead atoms. The molecule has 0 aliphatic heterocycles. The predicted octanol–water partition coefficient (Wildman–Crippen LogP) is 1.94. The van der Waals surface area contributed by atoms with Crippen LogP contribution in [-0.4, -0.2) is 46.5 Å². The number of rotatable bonds is 9. The fraction of sp³-hybridized carbons (Fsp3) is 0.357. The van der Waals surface area contributed by atoms with Gasteiger partial charge in [-0.1, -0.05) is 21.6 Å². The lowest BCUT2D eigenvalue weighted by atomic mass is 10.3. The molecule has 1 amide bonds. The molecule has 6 N–H and O–H groups in total. The van der Waals surface area contributed by atoms with E-state index in [9.17, 15) is 14.4 Å². The molecule has 0 spiro atoms. The van der Waals surface area contributed by atoms with Crippen molar-refractivity contribution in [3.05, 3.63) is 24.3 Å². The van der Waals surface area contributed by atoms with Crippen LogP contribution in [0.4, 0.5) is 5.69 Å². The van der Waals surface area contributed by atoms with E-state index in [0.717, 1.165) is 0 Å². The van der Waals surface area contributed by atoms with Gasteiger partial charge in [0.25, 0.3) is 0 Å². The zero-order valence-electron chi connectivity index (χ0n) is 14.2. The van der Waals surface area contributed by atoms with Crippen molar-refractivity contribution in [2.45, 2.75) is 19.0 Å². The number of nitrogens with two attached hydrogens (primary N) is 2. The van der Waals surface area contributed by atoms with Crippen LogP contribution in [0.2, 0.25) is 0 Å². The lowest BCUT2D eigenvalue weighted by molar-refractivity contribution is -0.138. The second-order valence-corrected chi connectivity index (χ2v) is 7.30. The highest BCUT2D eigenvalue weighted by Crippen LogP contribution is 2.23. The predicted molar refractivity (Wildman–Crippen MR) is 117 cm³/mol. The first kappa shape index (κ1) is 30.8. The van der Waals surface area contributed by atoms with Crippen molar-refractivity contribution >= 4 is 82.3 Å². The third kappa shape index (κ3) is 13.0. The molecule has 0 aliphatic rings. The molecule has 27 heavy (non-hydrogen) atoms. The van der Waals surface area contributed by atoms with Crippen LogP contribution < -0.4 is 21.5 Å². The number of aliphatic carboxylic acids is 1. The van der Waals surface area contributed by atoms with Crippen LogP contribution in [-0.2, 0) is 14.4 Å². The van der Waals surface area contributed by atoms with Gasteiger partial charge >= 0.3 is 11.9 Å². The lowest BCUT2D eigenvalue weighted by Crippen LogP contribution is -2.36. The molecular formula is C14H22Cl3N3O5S2. The summed E-state index contributed by atoms with van der Waals surface area (Å²) in [5.74, 6) is -1.08. The molecule has 0 heterocycles. The van der Waals surface area contributed by atoms with Gasteiger partial charge in [0.2, 0.25) is 5.91 Å². The van der Waals surface area contributed by atoms with E-state index >= 15 is 0 Å². The number of carboxylic acid groups (broad SMARTS) is 1. The van der Waals surface area contributed by atoms with Gasteiger partial charge in [-0.3, -0.25) is 9.59 Å². The fourth-order valence-electron chi connectivity index (χ4n) is 1.38. The summed E-state index contributed by atoms with van der Waals surface area (Å²) in [5.41, 5.74) is 11.7. The van der Waals surface area contributed by atoms with Gasteiger partial charge in [-0.05, 0) is 24.3 Å². The molecule has 1 rings (SSSR count). The summed E-state index contributed by atoms with van der Waals surface area (Å²) in [6, 6.07) is 4.50. The normalized spacial score (nSPS) is 11.5. The van der Waals surface area contributed by atoms with Crippen LogP contribution in [0.1, 0.15) is 6.92 Å². The fourth-order valence-corrected chi connectivity index (χ4v) is 3.60. The number of amides is 1. The number of esters is 1. The van der Waals surface area contributed by atoms with Crippen molar-refractivity contribution in [2.75, 3.05) is 16.8 Å². The Balaban J connectivity index is -0.00000192. The quantitative estimate of drug-likeness (QED) is 0.179. The van der Waals surface area contributed by atoms with E-state index in [0.29, 0.717) is 11.4 Å². The standard InChI is InChI=1S/C14H19N3O5S2.3ClH/c1-8(18)17-9-2-4-10(5-3-9)22-14(21)12(16)7-24-23-6-11(15)13(19)20;;;/h2-5,11-12H,6-7,15-16H2,1H3,(H,17,18)(H,19,20);3*1H. The van der Waals surface area contributed by atoms with Crippen molar-refractivity contribution < 1.29 is 24.2 Å². The molecule has 0 fully saturated rings. The Morgan fingerprint density at radius 3 is 1.96 bits per heavy atom. The summed E-state index contributed by atoms with van der Waals surface area (Å²) in [5, 5.41) is 11.2. The monoisotopic (exact) mass is 481 g/mol. The lowest BCUT2D eigenvalue weighted by Gasteiger charge is -2.11. The summed E-state index contributed by atoms with van der Waals surface area (Å²) in [6.45, 7) is 1.39. The Bertz CT molecular complexity index is 596. The Kier molecular flexibility index (Phi) is 18.4. The van der Waals surface area contributed by atoms with Gasteiger partial charge in [0, 0.05) is 24.1 Å². The van der Waals surface area contributed by atoms with E-state index in [2.05, 4.69) is 5.32 Å². The smallest absolute Gasteiger partial charge is 0.329 e. The Morgan fingerprint density at radius 1 is 1.04 bits per heavy atom. The number of hydrogen-bond donors (Lipinski definition) is 4. The Hall–Kier alpha value is -0.880. The third-order valence-corrected chi connectivity index (χ3v) is 5.07. The summed E-state index contributed by atoms with van der Waals surface area (Å²) < 4.78 is 5.13. The molecule has 0 saturated heterocycles. The van der Waals surface area contributed by atoms with Gasteiger partial charge in [0.05, 0.1) is 0 Å². The highest BCUT2D eigenvalue weighted by Gasteiger charge is 2.17. The van der Waals surface area contributed by atoms with E-state index in [1.165, 1.54) is 28.5 Å². The number of carbonyl (C=O) groups excluding carboxylic acids is 2. The minimum absolute atomic E-state index is 0. The summed E-state index contributed by atoms with van der Waals surface area (Å²) in [7, 11) is 2.49. The molecule has 1 aromatic rings. The summed E-state index contributed by atoms with van der Waals surface area (Å²) in [6.07, 6.45) is 0. The number of nitrogens with one attached hydrogen (secondary N) is 1. The van der Waals surface area contributed by atoms with Gasteiger partial charge in [0.1, 0.15) is 17.8 Å². The number of carbonyl (C=O) groups is 3. The zero-order valence-corrected chi connectivity index (χ0v) is 18.2. The van der Waals surface area contributed by atoms with E-state index in [1.54, 1.807) is 24.3 Å². The van der Waals surface area contributed by atoms with Crippen molar-refractivity contribution in [1.82, 2.24) is 0 Å². The number of halogens is 3.